The first kappa shape index (κ1) is 11.0. The predicted molar refractivity (Wildman–Crippen MR) is 78.8 cm³/mol. The second-order valence-electron chi connectivity index (χ2n) is 4.67. The Bertz CT molecular complexity index is 976. The van der Waals surface area contributed by atoms with E-state index in [0.717, 1.165) is 16.6 Å². The largest absolute Gasteiger partial charge is 0.289 e. The summed E-state index contributed by atoms with van der Waals surface area (Å²) in [6.07, 6.45) is 1.53. The van der Waals surface area contributed by atoms with Crippen LogP contribution in [0.5, 0.6) is 0 Å². The third-order valence-electron chi connectivity index (χ3n) is 3.46. The van der Waals surface area contributed by atoms with Crippen molar-refractivity contribution in [2.24, 2.45) is 0 Å². The summed E-state index contributed by atoms with van der Waals surface area (Å²) >= 11 is 0. The fraction of sp³-hybridized carbons (Fsp3) is 0. The summed E-state index contributed by atoms with van der Waals surface area (Å²) in [4.78, 5) is 16.0. The maximum absolute atomic E-state index is 11.8. The Labute approximate surface area is 114 Å². The lowest BCUT2D eigenvalue weighted by Crippen LogP contribution is -2.12. The van der Waals surface area contributed by atoms with Gasteiger partial charge in [0.1, 0.15) is 0 Å². The molecule has 4 nitrogen and oxygen atoms in total. The number of aromatic amines is 1. The second-order valence-corrected chi connectivity index (χ2v) is 4.67. The molecule has 0 amide bonds. The fourth-order valence-electron chi connectivity index (χ4n) is 2.52. The van der Waals surface area contributed by atoms with E-state index in [1.54, 1.807) is 0 Å². The standard InChI is InChI=1S/C16H11N3O/c20-16-8-9-17-15-10-14(18-19(15)16)13-7-3-5-11-4-1-2-6-12(11)13/h1-10,18H. The van der Waals surface area contributed by atoms with Gasteiger partial charge in [0.15, 0.2) is 5.65 Å². The van der Waals surface area contributed by atoms with Gasteiger partial charge in [0, 0.05) is 23.9 Å². The normalized spacial score (nSPS) is 11.2. The molecule has 4 rings (SSSR count). The van der Waals surface area contributed by atoms with Gasteiger partial charge in [-0.1, -0.05) is 42.5 Å². The molecule has 20 heavy (non-hydrogen) atoms. The van der Waals surface area contributed by atoms with Gasteiger partial charge in [0.2, 0.25) is 0 Å². The molecule has 0 unspecified atom stereocenters. The zero-order valence-electron chi connectivity index (χ0n) is 10.6. The van der Waals surface area contributed by atoms with Crippen LogP contribution >= 0.6 is 0 Å². The van der Waals surface area contributed by atoms with E-state index in [2.05, 4.69) is 28.3 Å². The molecule has 0 fully saturated rings. The second kappa shape index (κ2) is 4.06. The predicted octanol–water partition coefficient (Wildman–Crippen LogP) is 2.84. The molecule has 0 spiro atoms. The fourth-order valence-corrected chi connectivity index (χ4v) is 2.52. The highest BCUT2D eigenvalue weighted by Gasteiger charge is 2.08. The monoisotopic (exact) mass is 261 g/mol. The molecule has 4 aromatic rings. The molecule has 0 saturated carbocycles. The summed E-state index contributed by atoms with van der Waals surface area (Å²) in [5.74, 6) is 0. The molecular weight excluding hydrogens is 250 g/mol. The molecule has 0 atom stereocenters. The molecule has 0 aliphatic carbocycles. The van der Waals surface area contributed by atoms with Gasteiger partial charge in [0.05, 0.1) is 5.69 Å². The van der Waals surface area contributed by atoms with Crippen molar-refractivity contribution in [3.63, 3.8) is 0 Å². The highest BCUT2D eigenvalue weighted by atomic mass is 16.1. The smallest absolute Gasteiger partial charge is 0.272 e. The van der Waals surface area contributed by atoms with Gasteiger partial charge in [-0.15, -0.1) is 0 Å². The van der Waals surface area contributed by atoms with Crippen molar-refractivity contribution in [1.82, 2.24) is 14.6 Å². The minimum absolute atomic E-state index is 0.110. The summed E-state index contributed by atoms with van der Waals surface area (Å²) in [6.45, 7) is 0. The first-order valence-electron chi connectivity index (χ1n) is 6.38. The Hall–Kier alpha value is -2.88. The molecule has 0 aliphatic rings. The van der Waals surface area contributed by atoms with E-state index in [1.807, 2.05) is 30.3 Å². The van der Waals surface area contributed by atoms with Crippen LogP contribution in [0.4, 0.5) is 0 Å². The van der Waals surface area contributed by atoms with Crippen LogP contribution < -0.4 is 5.56 Å². The minimum Gasteiger partial charge on any atom is -0.289 e. The van der Waals surface area contributed by atoms with Crippen molar-refractivity contribution in [2.75, 3.05) is 0 Å². The van der Waals surface area contributed by atoms with Crippen molar-refractivity contribution < 1.29 is 0 Å². The van der Waals surface area contributed by atoms with Crippen LogP contribution in [-0.4, -0.2) is 14.6 Å². The number of nitrogens with one attached hydrogen (secondary N) is 1. The first-order valence-corrected chi connectivity index (χ1v) is 6.38. The van der Waals surface area contributed by atoms with Gasteiger partial charge in [-0.05, 0) is 10.8 Å². The van der Waals surface area contributed by atoms with Crippen molar-refractivity contribution in [2.45, 2.75) is 0 Å². The molecule has 0 saturated heterocycles. The van der Waals surface area contributed by atoms with Gasteiger partial charge in [-0.2, -0.15) is 0 Å². The zero-order chi connectivity index (χ0) is 13.5. The number of hydrogen-bond donors (Lipinski definition) is 1. The first-order chi connectivity index (χ1) is 9.83. The summed E-state index contributed by atoms with van der Waals surface area (Å²) in [6, 6.07) is 17.6. The number of fused-ring (bicyclic) bond motifs is 2. The van der Waals surface area contributed by atoms with Crippen molar-refractivity contribution in [3.05, 3.63) is 71.1 Å². The average molecular weight is 261 g/mol. The molecule has 1 N–H and O–H groups in total. The lowest BCUT2D eigenvalue weighted by Gasteiger charge is -2.03. The summed E-state index contributed by atoms with van der Waals surface area (Å²) in [7, 11) is 0. The Morgan fingerprint density at radius 1 is 1.00 bits per heavy atom. The number of benzene rings is 2. The van der Waals surface area contributed by atoms with Gasteiger partial charge in [-0.3, -0.25) is 9.89 Å². The van der Waals surface area contributed by atoms with Crippen LogP contribution in [0.3, 0.4) is 0 Å². The molecule has 2 aromatic carbocycles. The average Bonchev–Trinajstić information content (AvgIpc) is 2.92. The highest BCUT2D eigenvalue weighted by molar-refractivity contribution is 5.96. The number of rotatable bonds is 1. The molecule has 0 aliphatic heterocycles. The van der Waals surface area contributed by atoms with Crippen molar-refractivity contribution in [3.8, 4) is 11.3 Å². The van der Waals surface area contributed by atoms with Crippen molar-refractivity contribution >= 4 is 16.4 Å². The summed E-state index contributed by atoms with van der Waals surface area (Å²) < 4.78 is 1.46. The van der Waals surface area contributed by atoms with E-state index in [9.17, 15) is 4.79 Å². The van der Waals surface area contributed by atoms with Gasteiger partial charge in [-0.25, -0.2) is 9.50 Å². The molecule has 0 bridgehead atoms. The number of H-pyrrole nitrogens is 1. The Kier molecular flexibility index (Phi) is 2.23. The molecule has 0 radical (unpaired) electrons. The van der Waals surface area contributed by atoms with E-state index in [1.165, 1.54) is 22.2 Å². The topological polar surface area (TPSA) is 50.2 Å². The van der Waals surface area contributed by atoms with Crippen LogP contribution in [-0.2, 0) is 0 Å². The van der Waals surface area contributed by atoms with Crippen LogP contribution in [0, 0.1) is 0 Å². The summed E-state index contributed by atoms with van der Waals surface area (Å²) in [5, 5.41) is 5.43. The number of nitrogens with zero attached hydrogens (tertiary/aromatic N) is 2. The van der Waals surface area contributed by atoms with E-state index in [0.29, 0.717) is 5.65 Å². The number of aromatic nitrogens is 3. The quantitative estimate of drug-likeness (QED) is 0.573. The molecule has 2 heterocycles. The van der Waals surface area contributed by atoms with E-state index >= 15 is 0 Å². The number of hydrogen-bond acceptors (Lipinski definition) is 2. The van der Waals surface area contributed by atoms with Gasteiger partial charge in [0.25, 0.3) is 5.56 Å². The van der Waals surface area contributed by atoms with Gasteiger partial charge >= 0.3 is 0 Å². The zero-order valence-corrected chi connectivity index (χ0v) is 10.6. The molecule has 96 valence electrons. The van der Waals surface area contributed by atoms with Crippen LogP contribution in [0.15, 0.2) is 65.6 Å². The van der Waals surface area contributed by atoms with E-state index in [4.69, 9.17) is 0 Å². The van der Waals surface area contributed by atoms with E-state index in [-0.39, 0.29) is 5.56 Å². The Morgan fingerprint density at radius 2 is 1.85 bits per heavy atom. The third-order valence-corrected chi connectivity index (χ3v) is 3.46. The van der Waals surface area contributed by atoms with Gasteiger partial charge < -0.3 is 0 Å². The van der Waals surface area contributed by atoms with Crippen LogP contribution in [0.1, 0.15) is 0 Å². The van der Waals surface area contributed by atoms with E-state index < -0.39 is 0 Å². The van der Waals surface area contributed by atoms with Crippen molar-refractivity contribution in [1.29, 1.82) is 0 Å². The SMILES string of the molecule is O=c1ccnc2cc(-c3cccc4ccccc34)[nH]n12. The molecular formula is C16H11N3O. The third kappa shape index (κ3) is 1.55. The highest BCUT2D eigenvalue weighted by Crippen LogP contribution is 2.27. The lowest BCUT2D eigenvalue weighted by molar-refractivity contribution is 0.903. The minimum atomic E-state index is -0.110. The van der Waals surface area contributed by atoms with Crippen LogP contribution in [0.2, 0.25) is 0 Å². The maximum Gasteiger partial charge on any atom is 0.272 e. The molecule has 2 aromatic heterocycles. The molecule has 4 heteroatoms. The maximum atomic E-state index is 11.8. The Morgan fingerprint density at radius 3 is 2.75 bits per heavy atom. The van der Waals surface area contributed by atoms with Crippen LogP contribution in [0.25, 0.3) is 27.7 Å². The Balaban J connectivity index is 2.06. The lowest BCUT2D eigenvalue weighted by atomic mass is 10.0. The summed E-state index contributed by atoms with van der Waals surface area (Å²) in [5.41, 5.74) is 2.47.